The van der Waals surface area contributed by atoms with Crippen LogP contribution in [0.5, 0.6) is 0 Å². The van der Waals surface area contributed by atoms with Gasteiger partial charge in [-0.25, -0.2) is 0 Å². The Morgan fingerprint density at radius 1 is 0.783 bits per heavy atom. The minimum Gasteiger partial charge on any atom is -0.309 e. The average Bonchev–Trinajstić information content (AvgIpc) is 2.95. The SMILES string of the molecule is Cc1ccc(-n2c(-c3ccccc3)cc3ccc(Cl)cc32)cc1. The molecule has 0 spiro atoms. The van der Waals surface area contributed by atoms with Crippen molar-refractivity contribution in [3.63, 3.8) is 0 Å². The van der Waals surface area contributed by atoms with Crippen LogP contribution in [0, 0.1) is 6.92 Å². The second-order valence-corrected chi connectivity index (χ2v) is 6.21. The van der Waals surface area contributed by atoms with Crippen molar-refractivity contribution in [1.29, 1.82) is 0 Å². The first kappa shape index (κ1) is 14.1. The molecule has 0 aliphatic heterocycles. The maximum atomic E-state index is 6.25. The molecule has 0 saturated heterocycles. The number of halogens is 1. The van der Waals surface area contributed by atoms with Crippen LogP contribution in [0.1, 0.15) is 5.56 Å². The molecule has 0 fully saturated rings. The zero-order valence-electron chi connectivity index (χ0n) is 12.8. The van der Waals surface area contributed by atoms with Crippen molar-refractivity contribution in [2.75, 3.05) is 0 Å². The highest BCUT2D eigenvalue weighted by atomic mass is 35.5. The molecule has 4 aromatic rings. The van der Waals surface area contributed by atoms with Crippen LogP contribution in [0.2, 0.25) is 5.02 Å². The van der Waals surface area contributed by atoms with Crippen molar-refractivity contribution in [3.05, 3.63) is 89.4 Å². The quantitative estimate of drug-likeness (QED) is 0.411. The van der Waals surface area contributed by atoms with Gasteiger partial charge in [-0.05, 0) is 42.8 Å². The van der Waals surface area contributed by atoms with Crippen LogP contribution in [0.25, 0.3) is 27.8 Å². The maximum absolute atomic E-state index is 6.25. The Bertz CT molecular complexity index is 966. The number of hydrogen-bond acceptors (Lipinski definition) is 0. The summed E-state index contributed by atoms with van der Waals surface area (Å²) in [5.41, 5.74) is 5.89. The van der Waals surface area contributed by atoms with E-state index in [0.29, 0.717) is 0 Å². The molecule has 4 rings (SSSR count). The molecule has 0 atom stereocenters. The van der Waals surface area contributed by atoms with Crippen molar-refractivity contribution in [2.45, 2.75) is 6.92 Å². The lowest BCUT2D eigenvalue weighted by Gasteiger charge is -2.12. The van der Waals surface area contributed by atoms with Crippen molar-refractivity contribution < 1.29 is 0 Å². The summed E-state index contributed by atoms with van der Waals surface area (Å²) in [7, 11) is 0. The third-order valence-electron chi connectivity index (χ3n) is 4.13. The highest BCUT2D eigenvalue weighted by Crippen LogP contribution is 2.33. The van der Waals surface area contributed by atoms with Gasteiger partial charge in [-0.2, -0.15) is 0 Å². The molecule has 0 aliphatic rings. The fourth-order valence-electron chi connectivity index (χ4n) is 2.97. The Balaban J connectivity index is 2.06. The largest absolute Gasteiger partial charge is 0.309 e. The number of nitrogens with zero attached hydrogens (tertiary/aromatic N) is 1. The number of fused-ring (bicyclic) bond motifs is 1. The third-order valence-corrected chi connectivity index (χ3v) is 4.36. The van der Waals surface area contributed by atoms with Crippen molar-refractivity contribution in [3.8, 4) is 16.9 Å². The standard InChI is InChI=1S/C21H16ClN/c1-15-7-11-19(12-8-15)23-20(16-5-3-2-4-6-16)13-17-9-10-18(22)14-21(17)23/h2-14H,1H3. The highest BCUT2D eigenvalue weighted by Gasteiger charge is 2.12. The molecule has 3 aromatic carbocycles. The summed E-state index contributed by atoms with van der Waals surface area (Å²) >= 11 is 6.25. The molecule has 0 N–H and O–H groups in total. The average molecular weight is 318 g/mol. The molecule has 0 saturated carbocycles. The first-order valence-electron chi connectivity index (χ1n) is 7.66. The first-order valence-corrected chi connectivity index (χ1v) is 8.04. The Morgan fingerprint density at radius 3 is 2.26 bits per heavy atom. The van der Waals surface area contributed by atoms with Crippen molar-refractivity contribution in [1.82, 2.24) is 4.57 Å². The van der Waals surface area contributed by atoms with Crippen LogP contribution >= 0.6 is 11.6 Å². The minimum atomic E-state index is 0.753. The summed E-state index contributed by atoms with van der Waals surface area (Å²) in [4.78, 5) is 0. The molecule has 0 amide bonds. The molecule has 2 heteroatoms. The Morgan fingerprint density at radius 2 is 1.52 bits per heavy atom. The Kier molecular flexibility index (Phi) is 3.44. The minimum absolute atomic E-state index is 0.753. The summed E-state index contributed by atoms with van der Waals surface area (Å²) in [6, 6.07) is 27.3. The van der Waals surface area contributed by atoms with Gasteiger partial charge < -0.3 is 4.57 Å². The predicted octanol–water partition coefficient (Wildman–Crippen LogP) is 6.26. The fourth-order valence-corrected chi connectivity index (χ4v) is 3.13. The van der Waals surface area contributed by atoms with Gasteiger partial charge >= 0.3 is 0 Å². The topological polar surface area (TPSA) is 4.93 Å². The van der Waals surface area contributed by atoms with Crippen molar-refractivity contribution in [2.24, 2.45) is 0 Å². The van der Waals surface area contributed by atoms with E-state index in [9.17, 15) is 0 Å². The van der Waals surface area contributed by atoms with E-state index in [4.69, 9.17) is 11.6 Å². The monoisotopic (exact) mass is 317 g/mol. The summed E-state index contributed by atoms with van der Waals surface area (Å²) < 4.78 is 2.27. The Labute approximate surface area is 140 Å². The molecule has 0 aliphatic carbocycles. The van der Waals surface area contributed by atoms with Crippen LogP contribution in [-0.2, 0) is 0 Å². The van der Waals surface area contributed by atoms with Gasteiger partial charge in [0, 0.05) is 16.1 Å². The van der Waals surface area contributed by atoms with Gasteiger partial charge in [0.25, 0.3) is 0 Å². The van der Waals surface area contributed by atoms with E-state index in [-0.39, 0.29) is 0 Å². The Hall–Kier alpha value is -2.51. The second kappa shape index (κ2) is 5.60. The zero-order valence-corrected chi connectivity index (χ0v) is 13.6. The molecule has 0 bridgehead atoms. The van der Waals surface area contributed by atoms with Crippen molar-refractivity contribution >= 4 is 22.5 Å². The maximum Gasteiger partial charge on any atom is 0.0549 e. The molecule has 112 valence electrons. The number of aryl methyl sites for hydroxylation is 1. The number of hydrogen-bond donors (Lipinski definition) is 0. The summed E-state index contributed by atoms with van der Waals surface area (Å²) in [6.07, 6.45) is 0. The van der Waals surface area contributed by atoms with E-state index >= 15 is 0 Å². The van der Waals surface area contributed by atoms with Gasteiger partial charge in [-0.3, -0.25) is 0 Å². The van der Waals surface area contributed by atoms with Gasteiger partial charge in [0.2, 0.25) is 0 Å². The first-order chi connectivity index (χ1) is 11.2. The van der Waals surface area contributed by atoms with Crippen LogP contribution in [0.3, 0.4) is 0 Å². The van der Waals surface area contributed by atoms with E-state index in [1.165, 1.54) is 22.2 Å². The highest BCUT2D eigenvalue weighted by molar-refractivity contribution is 6.31. The van der Waals surface area contributed by atoms with Gasteiger partial charge in [0.05, 0.1) is 11.2 Å². The summed E-state index contributed by atoms with van der Waals surface area (Å²) in [5, 5.41) is 1.94. The molecule has 1 nitrogen and oxygen atoms in total. The third kappa shape index (κ3) is 2.54. The molecular weight excluding hydrogens is 302 g/mol. The number of rotatable bonds is 2. The molecule has 23 heavy (non-hydrogen) atoms. The number of aromatic nitrogens is 1. The number of benzene rings is 3. The molecule has 0 radical (unpaired) electrons. The smallest absolute Gasteiger partial charge is 0.0549 e. The van der Waals surface area contributed by atoms with Gasteiger partial charge in [-0.15, -0.1) is 0 Å². The van der Waals surface area contributed by atoms with E-state index in [0.717, 1.165) is 16.2 Å². The van der Waals surface area contributed by atoms with Gasteiger partial charge in [0.15, 0.2) is 0 Å². The normalized spacial score (nSPS) is 11.0. The van der Waals surface area contributed by atoms with E-state index in [2.05, 4.69) is 72.2 Å². The lowest BCUT2D eigenvalue weighted by Crippen LogP contribution is -1.96. The fraction of sp³-hybridized carbons (Fsp3) is 0.0476. The van der Waals surface area contributed by atoms with Crippen LogP contribution in [-0.4, -0.2) is 4.57 Å². The molecule has 1 aromatic heterocycles. The van der Waals surface area contributed by atoms with E-state index in [1.54, 1.807) is 0 Å². The lowest BCUT2D eigenvalue weighted by atomic mass is 10.1. The molecular formula is C21H16ClN. The summed E-state index contributed by atoms with van der Waals surface area (Å²) in [5.74, 6) is 0. The predicted molar refractivity (Wildman–Crippen MR) is 98.5 cm³/mol. The van der Waals surface area contributed by atoms with Crippen LogP contribution < -0.4 is 0 Å². The molecule has 0 unspecified atom stereocenters. The van der Waals surface area contributed by atoms with E-state index < -0.39 is 0 Å². The zero-order chi connectivity index (χ0) is 15.8. The van der Waals surface area contributed by atoms with Gasteiger partial charge in [0.1, 0.15) is 0 Å². The molecule has 1 heterocycles. The van der Waals surface area contributed by atoms with E-state index in [1.807, 2.05) is 18.2 Å². The lowest BCUT2D eigenvalue weighted by molar-refractivity contribution is 1.13. The second-order valence-electron chi connectivity index (χ2n) is 5.77. The van der Waals surface area contributed by atoms with Gasteiger partial charge in [-0.1, -0.05) is 65.7 Å². The summed E-state index contributed by atoms with van der Waals surface area (Å²) in [6.45, 7) is 2.10. The van der Waals surface area contributed by atoms with Crippen LogP contribution in [0.15, 0.2) is 78.9 Å². The van der Waals surface area contributed by atoms with Crippen LogP contribution in [0.4, 0.5) is 0 Å².